The van der Waals surface area contributed by atoms with Crippen LogP contribution in [0, 0.1) is 6.92 Å². The number of aliphatic carboxylic acids is 1. The second kappa shape index (κ2) is 6.09. The van der Waals surface area contributed by atoms with Gasteiger partial charge in [-0.15, -0.1) is 0 Å². The van der Waals surface area contributed by atoms with Gasteiger partial charge in [0.15, 0.2) is 0 Å². The number of rotatable bonds is 5. The summed E-state index contributed by atoms with van der Waals surface area (Å²) in [5.41, 5.74) is 3.20. The number of carboxylic acids is 1. The topological polar surface area (TPSA) is 46.5 Å². The summed E-state index contributed by atoms with van der Waals surface area (Å²) >= 11 is 0. The number of aryl methyl sites for hydroxylation is 1. The quantitative estimate of drug-likeness (QED) is 0.850. The number of ether oxygens (including phenoxy) is 1. The molecule has 1 N–H and O–H groups in total. The molecule has 0 heterocycles. The van der Waals surface area contributed by atoms with Crippen LogP contribution in [0.5, 0.6) is 5.75 Å². The van der Waals surface area contributed by atoms with E-state index in [-0.39, 0.29) is 6.42 Å². The van der Waals surface area contributed by atoms with E-state index in [4.69, 9.17) is 9.84 Å². The highest BCUT2D eigenvalue weighted by Gasteiger charge is 2.05. The van der Waals surface area contributed by atoms with Crippen LogP contribution in [0.1, 0.15) is 30.9 Å². The van der Waals surface area contributed by atoms with E-state index < -0.39 is 5.97 Å². The van der Waals surface area contributed by atoms with Crippen molar-refractivity contribution in [3.63, 3.8) is 0 Å². The summed E-state index contributed by atoms with van der Waals surface area (Å²) in [6.45, 7) is 3.98. The lowest BCUT2D eigenvalue weighted by atomic mass is 10.0. The second-order valence-corrected chi connectivity index (χ2v) is 4.02. The molecule has 0 aliphatic rings. The molecule has 0 unspecified atom stereocenters. The predicted molar refractivity (Wildman–Crippen MR) is 68.3 cm³/mol. The van der Waals surface area contributed by atoms with E-state index in [9.17, 15) is 4.79 Å². The summed E-state index contributed by atoms with van der Waals surface area (Å²) in [6.07, 6.45) is 2.63. The van der Waals surface area contributed by atoms with Crippen molar-refractivity contribution in [3.8, 4) is 5.75 Å². The van der Waals surface area contributed by atoms with Crippen LogP contribution in [0.3, 0.4) is 0 Å². The van der Waals surface area contributed by atoms with Crippen LogP contribution in [0.25, 0.3) is 5.57 Å². The predicted octanol–water partition coefficient (Wildman–Crippen LogP) is 3.27. The van der Waals surface area contributed by atoms with Gasteiger partial charge in [0, 0.05) is 12.0 Å². The fourth-order valence-electron chi connectivity index (χ4n) is 1.65. The average molecular weight is 234 g/mol. The number of hydrogen-bond donors (Lipinski definition) is 1. The Hall–Kier alpha value is -1.77. The Kier molecular flexibility index (Phi) is 4.76. The highest BCUT2D eigenvalue weighted by atomic mass is 16.5. The van der Waals surface area contributed by atoms with Crippen LogP contribution in [0.2, 0.25) is 0 Å². The Morgan fingerprint density at radius 2 is 2.18 bits per heavy atom. The van der Waals surface area contributed by atoms with Gasteiger partial charge in [-0.05, 0) is 37.5 Å². The van der Waals surface area contributed by atoms with Crippen LogP contribution < -0.4 is 4.74 Å². The van der Waals surface area contributed by atoms with Gasteiger partial charge in [-0.3, -0.25) is 4.79 Å². The Morgan fingerprint density at radius 3 is 2.76 bits per heavy atom. The summed E-state index contributed by atoms with van der Waals surface area (Å²) in [4.78, 5) is 10.4. The molecule has 1 aromatic carbocycles. The fraction of sp³-hybridized carbons (Fsp3) is 0.357. The molecule has 0 aliphatic carbocycles. The van der Waals surface area contributed by atoms with E-state index in [1.165, 1.54) is 0 Å². The first kappa shape index (κ1) is 13.3. The van der Waals surface area contributed by atoms with Crippen molar-refractivity contribution in [1.29, 1.82) is 0 Å². The van der Waals surface area contributed by atoms with Crippen LogP contribution >= 0.6 is 0 Å². The maximum Gasteiger partial charge on any atom is 0.303 e. The minimum Gasteiger partial charge on any atom is -0.496 e. The van der Waals surface area contributed by atoms with E-state index in [0.29, 0.717) is 6.42 Å². The SMILES string of the molecule is COc1cc(C)ccc1C(C)=CCCC(=O)O. The zero-order valence-corrected chi connectivity index (χ0v) is 10.5. The number of methoxy groups -OCH3 is 1. The van der Waals surface area contributed by atoms with Gasteiger partial charge in [0.25, 0.3) is 0 Å². The summed E-state index contributed by atoms with van der Waals surface area (Å²) in [7, 11) is 1.64. The Bertz CT molecular complexity index is 433. The Balaban J connectivity index is 2.87. The van der Waals surface area contributed by atoms with E-state index in [1.54, 1.807) is 7.11 Å². The van der Waals surface area contributed by atoms with Gasteiger partial charge in [0.05, 0.1) is 7.11 Å². The molecule has 0 atom stereocenters. The molecule has 1 aromatic rings. The lowest BCUT2D eigenvalue weighted by Crippen LogP contribution is -1.93. The maximum atomic E-state index is 10.4. The molecule has 0 aromatic heterocycles. The van der Waals surface area contributed by atoms with Gasteiger partial charge < -0.3 is 9.84 Å². The summed E-state index contributed by atoms with van der Waals surface area (Å²) in [6, 6.07) is 6.00. The zero-order chi connectivity index (χ0) is 12.8. The minimum atomic E-state index is -0.773. The van der Waals surface area contributed by atoms with Crippen LogP contribution in [0.15, 0.2) is 24.3 Å². The van der Waals surface area contributed by atoms with Crippen LogP contribution in [-0.2, 0) is 4.79 Å². The molecule has 17 heavy (non-hydrogen) atoms. The van der Waals surface area contributed by atoms with Gasteiger partial charge >= 0.3 is 5.97 Å². The van der Waals surface area contributed by atoms with Crippen molar-refractivity contribution in [1.82, 2.24) is 0 Å². The van der Waals surface area contributed by atoms with Crippen molar-refractivity contribution >= 4 is 11.5 Å². The van der Waals surface area contributed by atoms with Crippen molar-refractivity contribution in [2.24, 2.45) is 0 Å². The fourth-order valence-corrected chi connectivity index (χ4v) is 1.65. The smallest absolute Gasteiger partial charge is 0.303 e. The van der Waals surface area contributed by atoms with Gasteiger partial charge in [0.1, 0.15) is 5.75 Å². The molecule has 0 saturated heterocycles. The van der Waals surface area contributed by atoms with Gasteiger partial charge in [-0.2, -0.15) is 0 Å². The number of allylic oxidation sites excluding steroid dienone is 2. The molecule has 0 aliphatic heterocycles. The third kappa shape index (κ3) is 3.94. The first-order chi connectivity index (χ1) is 8.04. The van der Waals surface area contributed by atoms with Crippen molar-refractivity contribution in [2.75, 3.05) is 7.11 Å². The normalized spacial score (nSPS) is 11.4. The number of carbonyl (C=O) groups is 1. The molecular formula is C14H18O3. The second-order valence-electron chi connectivity index (χ2n) is 4.02. The molecular weight excluding hydrogens is 216 g/mol. The highest BCUT2D eigenvalue weighted by molar-refractivity contribution is 5.71. The molecule has 0 bridgehead atoms. The highest BCUT2D eigenvalue weighted by Crippen LogP contribution is 2.27. The van der Waals surface area contributed by atoms with E-state index in [2.05, 4.69) is 0 Å². The monoisotopic (exact) mass is 234 g/mol. The third-order valence-corrected chi connectivity index (χ3v) is 2.59. The molecule has 0 amide bonds. The van der Waals surface area contributed by atoms with Gasteiger partial charge in [-0.1, -0.05) is 18.2 Å². The van der Waals surface area contributed by atoms with E-state index in [1.807, 2.05) is 38.1 Å². The molecule has 0 saturated carbocycles. The number of benzene rings is 1. The Morgan fingerprint density at radius 1 is 1.47 bits per heavy atom. The van der Waals surface area contributed by atoms with Crippen LogP contribution in [-0.4, -0.2) is 18.2 Å². The minimum absolute atomic E-state index is 0.158. The molecule has 0 fully saturated rings. The summed E-state index contributed by atoms with van der Waals surface area (Å²) in [5.74, 6) is 0.0546. The van der Waals surface area contributed by atoms with Crippen molar-refractivity contribution in [3.05, 3.63) is 35.4 Å². The average Bonchev–Trinajstić information content (AvgIpc) is 2.28. The molecule has 3 nitrogen and oxygen atoms in total. The lowest BCUT2D eigenvalue weighted by molar-refractivity contribution is -0.136. The van der Waals surface area contributed by atoms with Crippen molar-refractivity contribution < 1.29 is 14.6 Å². The maximum absolute atomic E-state index is 10.4. The summed E-state index contributed by atoms with van der Waals surface area (Å²) < 4.78 is 5.32. The molecule has 1 rings (SSSR count). The van der Waals surface area contributed by atoms with Gasteiger partial charge in [0.2, 0.25) is 0 Å². The molecule has 0 radical (unpaired) electrons. The first-order valence-corrected chi connectivity index (χ1v) is 5.58. The Labute approximate surface area is 102 Å². The molecule has 3 heteroatoms. The largest absolute Gasteiger partial charge is 0.496 e. The third-order valence-electron chi connectivity index (χ3n) is 2.59. The lowest BCUT2D eigenvalue weighted by Gasteiger charge is -2.09. The molecule has 0 spiro atoms. The standard InChI is InChI=1S/C14H18O3/c1-10-7-8-12(13(9-10)17-3)11(2)5-4-6-14(15)16/h5,7-9H,4,6H2,1-3H3,(H,15,16). The number of carboxylic acid groups (broad SMARTS) is 1. The van der Waals surface area contributed by atoms with Gasteiger partial charge in [-0.25, -0.2) is 0 Å². The number of hydrogen-bond acceptors (Lipinski definition) is 2. The summed E-state index contributed by atoms with van der Waals surface area (Å²) in [5, 5.41) is 8.58. The molecule has 92 valence electrons. The van der Waals surface area contributed by atoms with Crippen LogP contribution in [0.4, 0.5) is 0 Å². The van der Waals surface area contributed by atoms with E-state index >= 15 is 0 Å². The van der Waals surface area contributed by atoms with Crippen molar-refractivity contribution in [2.45, 2.75) is 26.7 Å². The first-order valence-electron chi connectivity index (χ1n) is 5.58. The zero-order valence-electron chi connectivity index (χ0n) is 10.5. The van der Waals surface area contributed by atoms with E-state index in [0.717, 1.165) is 22.4 Å².